The van der Waals surface area contributed by atoms with Crippen molar-refractivity contribution in [2.24, 2.45) is 5.41 Å². The standard InChI is InChI=1S/C25H24Br2FN7O2/c1-12-25(2,3)9-17(24(37)33-19-6-4-5-18(27)32-19)35(12)20(36)10-34-16-8-15(28)14(26)7-13(16)21-22(29)30-11-31-23(21)34/h4-8,11-12,17H,9-10H2,1-3H3,(H2,29,30,31)(H,32,33,37)/t12-,17+/m1/s1. The van der Waals surface area contributed by atoms with Gasteiger partial charge in [0.15, 0.2) is 0 Å². The summed E-state index contributed by atoms with van der Waals surface area (Å²) in [6.07, 6.45) is 1.79. The number of hydrogen-bond acceptors (Lipinski definition) is 6. The summed E-state index contributed by atoms with van der Waals surface area (Å²) >= 11 is 6.53. The van der Waals surface area contributed by atoms with Crippen molar-refractivity contribution in [2.75, 3.05) is 11.1 Å². The molecule has 2 amide bonds. The van der Waals surface area contributed by atoms with Gasteiger partial charge in [0, 0.05) is 11.4 Å². The number of hydrogen-bond donors (Lipinski definition) is 2. The smallest absolute Gasteiger partial charge is 0.248 e. The summed E-state index contributed by atoms with van der Waals surface area (Å²) in [7, 11) is 0. The van der Waals surface area contributed by atoms with E-state index in [0.717, 1.165) is 0 Å². The second-order valence-electron chi connectivity index (χ2n) is 9.85. The second kappa shape index (κ2) is 9.32. The SMILES string of the molecule is C[C@H]1N(C(=O)Cn2c3cc(F)c(Br)cc3c3c(N)ncnc32)[C@H](C(=O)Nc2cccc(Br)n2)CC1(C)C. The number of benzene rings is 1. The van der Waals surface area contributed by atoms with E-state index in [1.54, 1.807) is 33.7 Å². The van der Waals surface area contributed by atoms with Gasteiger partial charge in [-0.2, -0.15) is 0 Å². The third kappa shape index (κ3) is 4.46. The molecule has 37 heavy (non-hydrogen) atoms. The Hall–Kier alpha value is -3.12. The van der Waals surface area contributed by atoms with Crippen LogP contribution in [0.25, 0.3) is 21.9 Å². The van der Waals surface area contributed by atoms with Crippen molar-refractivity contribution >= 4 is 77.2 Å². The Morgan fingerprint density at radius 2 is 2.00 bits per heavy atom. The number of rotatable bonds is 4. The number of nitrogens with zero attached hydrogens (tertiary/aromatic N) is 5. The lowest BCUT2D eigenvalue weighted by atomic mass is 9.84. The Bertz CT molecular complexity index is 1570. The molecule has 4 aromatic rings. The van der Waals surface area contributed by atoms with Gasteiger partial charge in [-0.15, -0.1) is 0 Å². The van der Waals surface area contributed by atoms with Gasteiger partial charge in [-0.3, -0.25) is 9.59 Å². The van der Waals surface area contributed by atoms with Crippen LogP contribution in [0.3, 0.4) is 0 Å². The van der Waals surface area contributed by atoms with Crippen LogP contribution in [0.15, 0.2) is 45.7 Å². The lowest BCUT2D eigenvalue weighted by Gasteiger charge is -2.31. The number of nitrogen functional groups attached to an aromatic ring is 1. The summed E-state index contributed by atoms with van der Waals surface area (Å²) in [6, 6.07) is 7.22. The minimum atomic E-state index is -0.711. The highest BCUT2D eigenvalue weighted by Crippen LogP contribution is 2.41. The van der Waals surface area contributed by atoms with Gasteiger partial charge in [-0.1, -0.05) is 19.9 Å². The van der Waals surface area contributed by atoms with Crippen molar-refractivity contribution in [1.29, 1.82) is 0 Å². The van der Waals surface area contributed by atoms with E-state index in [1.807, 2.05) is 20.8 Å². The molecule has 0 saturated carbocycles. The first-order chi connectivity index (χ1) is 17.5. The third-order valence-corrected chi connectivity index (χ3v) is 8.21. The fraction of sp³-hybridized carbons (Fsp3) is 0.320. The maximum atomic E-state index is 14.6. The van der Waals surface area contributed by atoms with E-state index in [2.05, 4.69) is 52.1 Å². The zero-order chi connectivity index (χ0) is 26.6. The zero-order valence-corrected chi connectivity index (χ0v) is 23.5. The van der Waals surface area contributed by atoms with E-state index in [1.165, 1.54) is 12.4 Å². The van der Waals surface area contributed by atoms with Gasteiger partial charge in [-0.25, -0.2) is 19.3 Å². The molecule has 3 aromatic heterocycles. The van der Waals surface area contributed by atoms with Crippen LogP contribution in [0.4, 0.5) is 16.0 Å². The number of fused-ring (bicyclic) bond motifs is 3. The Balaban J connectivity index is 1.53. The van der Waals surface area contributed by atoms with E-state index in [9.17, 15) is 14.0 Å². The molecule has 0 spiro atoms. The first-order valence-corrected chi connectivity index (χ1v) is 13.2. The van der Waals surface area contributed by atoms with Gasteiger partial charge < -0.3 is 20.5 Å². The maximum absolute atomic E-state index is 14.6. The summed E-state index contributed by atoms with van der Waals surface area (Å²) in [5.74, 6) is -0.473. The highest BCUT2D eigenvalue weighted by molar-refractivity contribution is 9.10. The topological polar surface area (TPSA) is 119 Å². The summed E-state index contributed by atoms with van der Waals surface area (Å²) in [4.78, 5) is 41.6. The lowest BCUT2D eigenvalue weighted by molar-refractivity contribution is -0.139. The molecule has 0 radical (unpaired) electrons. The molecular formula is C25H24Br2FN7O2. The van der Waals surface area contributed by atoms with Crippen molar-refractivity contribution < 1.29 is 14.0 Å². The number of carbonyl (C=O) groups is 2. The molecule has 1 aliphatic rings. The molecule has 1 fully saturated rings. The minimum Gasteiger partial charge on any atom is -0.383 e. The van der Waals surface area contributed by atoms with Crippen LogP contribution in [0.1, 0.15) is 27.2 Å². The maximum Gasteiger partial charge on any atom is 0.248 e. The normalized spacial score (nSPS) is 19.0. The van der Waals surface area contributed by atoms with E-state index < -0.39 is 11.9 Å². The average molecular weight is 633 g/mol. The van der Waals surface area contributed by atoms with Crippen molar-refractivity contribution in [3.05, 3.63) is 51.6 Å². The van der Waals surface area contributed by atoms with E-state index in [0.29, 0.717) is 38.8 Å². The van der Waals surface area contributed by atoms with Crippen LogP contribution in [0, 0.1) is 11.2 Å². The largest absolute Gasteiger partial charge is 0.383 e. The number of aromatic nitrogens is 4. The quantitative estimate of drug-likeness (QED) is 0.310. The fourth-order valence-corrected chi connectivity index (χ4v) is 5.70. The van der Waals surface area contributed by atoms with Gasteiger partial charge in [0.05, 0.1) is 15.4 Å². The molecule has 0 bridgehead atoms. The number of halogens is 3. The van der Waals surface area contributed by atoms with Crippen LogP contribution in [0.5, 0.6) is 0 Å². The predicted octanol–water partition coefficient (Wildman–Crippen LogP) is 4.88. The molecule has 192 valence electrons. The Morgan fingerprint density at radius 3 is 2.73 bits per heavy atom. The molecule has 0 unspecified atom stereocenters. The van der Waals surface area contributed by atoms with Crippen molar-refractivity contribution in [3.8, 4) is 0 Å². The van der Waals surface area contributed by atoms with Crippen molar-refractivity contribution in [3.63, 3.8) is 0 Å². The van der Waals surface area contributed by atoms with E-state index in [4.69, 9.17) is 5.73 Å². The molecule has 3 N–H and O–H groups in total. The number of nitrogens with two attached hydrogens (primary N) is 1. The van der Waals surface area contributed by atoms with Gasteiger partial charge in [-0.05, 0) is 74.9 Å². The number of pyridine rings is 1. The Morgan fingerprint density at radius 1 is 1.24 bits per heavy atom. The summed E-state index contributed by atoms with van der Waals surface area (Å²) in [6.45, 7) is 5.84. The minimum absolute atomic E-state index is 0.156. The fourth-order valence-electron chi connectivity index (χ4n) is 5.01. The summed E-state index contributed by atoms with van der Waals surface area (Å²) < 4.78 is 17.1. The third-order valence-electron chi connectivity index (χ3n) is 7.16. The monoisotopic (exact) mass is 631 g/mol. The number of carbonyl (C=O) groups excluding carboxylic acids is 2. The number of nitrogens with one attached hydrogen (secondary N) is 1. The van der Waals surface area contributed by atoms with Gasteiger partial charge >= 0.3 is 0 Å². The van der Waals surface area contributed by atoms with Crippen LogP contribution in [-0.4, -0.2) is 48.3 Å². The van der Waals surface area contributed by atoms with Gasteiger partial charge in [0.1, 0.15) is 46.6 Å². The average Bonchev–Trinajstić information content (AvgIpc) is 3.25. The number of likely N-dealkylation sites (tertiary alicyclic amines) is 1. The molecule has 9 nitrogen and oxygen atoms in total. The number of amides is 2. The molecule has 1 aliphatic heterocycles. The van der Waals surface area contributed by atoms with Crippen molar-refractivity contribution in [1.82, 2.24) is 24.4 Å². The van der Waals surface area contributed by atoms with E-state index >= 15 is 0 Å². The Kier molecular flexibility index (Phi) is 6.43. The number of anilines is 2. The van der Waals surface area contributed by atoms with Crippen LogP contribution in [-0.2, 0) is 16.1 Å². The first kappa shape index (κ1) is 25.5. The van der Waals surface area contributed by atoms with Crippen LogP contribution < -0.4 is 11.1 Å². The molecule has 2 atom stereocenters. The summed E-state index contributed by atoms with van der Waals surface area (Å²) in [5.41, 5.74) is 6.71. The Labute approximate surface area is 228 Å². The molecule has 0 aliphatic carbocycles. The molecule has 4 heterocycles. The van der Waals surface area contributed by atoms with E-state index in [-0.39, 0.29) is 40.1 Å². The predicted molar refractivity (Wildman–Crippen MR) is 146 cm³/mol. The molecule has 1 aromatic carbocycles. The zero-order valence-electron chi connectivity index (χ0n) is 20.3. The molecule has 1 saturated heterocycles. The van der Waals surface area contributed by atoms with Gasteiger partial charge in [0.2, 0.25) is 11.8 Å². The van der Waals surface area contributed by atoms with Crippen molar-refractivity contribution in [2.45, 2.75) is 45.8 Å². The van der Waals surface area contributed by atoms with Crippen LogP contribution in [0.2, 0.25) is 0 Å². The second-order valence-corrected chi connectivity index (χ2v) is 11.5. The molecule has 12 heteroatoms. The molecular weight excluding hydrogens is 609 g/mol. The van der Waals surface area contributed by atoms with Crippen LogP contribution >= 0.6 is 31.9 Å². The van der Waals surface area contributed by atoms with Gasteiger partial charge in [0.25, 0.3) is 0 Å². The highest BCUT2D eigenvalue weighted by Gasteiger charge is 2.49. The first-order valence-electron chi connectivity index (χ1n) is 11.6. The lowest BCUT2D eigenvalue weighted by Crippen LogP contribution is -2.48. The highest BCUT2D eigenvalue weighted by atomic mass is 79.9. The molecule has 5 rings (SSSR count). The summed E-state index contributed by atoms with van der Waals surface area (Å²) in [5, 5.41) is 4.00.